The maximum Gasteiger partial charge on any atom is 0.416 e. The number of aliphatic hydroxyl groups is 1. The summed E-state index contributed by atoms with van der Waals surface area (Å²) in [4.78, 5) is 11.9. The smallest absolute Gasteiger partial charge is 0.416 e. The number of hydrogen-bond donors (Lipinski definition) is 4. The molecule has 0 amide bonds. The molecule has 2 heterocycles. The van der Waals surface area contributed by atoms with Gasteiger partial charge in [0.2, 0.25) is 5.95 Å². The van der Waals surface area contributed by atoms with E-state index < -0.39 is 17.6 Å². The lowest BCUT2D eigenvalue weighted by atomic mass is 10.1. The summed E-state index contributed by atoms with van der Waals surface area (Å²) >= 11 is 6.10. The number of rotatable bonds is 8. The van der Waals surface area contributed by atoms with Gasteiger partial charge in [-0.3, -0.25) is 4.90 Å². The highest BCUT2D eigenvalue weighted by molar-refractivity contribution is 6.32. The monoisotopic (exact) mass is 553 g/mol. The first-order valence-corrected chi connectivity index (χ1v) is 11.9. The first-order valence-electron chi connectivity index (χ1n) is 11.5. The highest BCUT2D eigenvalue weighted by atomic mass is 35.5. The summed E-state index contributed by atoms with van der Waals surface area (Å²) in [6.07, 6.45) is -2.25. The largest absolute Gasteiger partial charge is 0.506 e. The zero-order valence-corrected chi connectivity index (χ0v) is 20.6. The van der Waals surface area contributed by atoms with Gasteiger partial charge in [0.1, 0.15) is 5.75 Å². The van der Waals surface area contributed by atoms with E-state index in [0.717, 1.165) is 18.3 Å². The van der Waals surface area contributed by atoms with Gasteiger partial charge in [0.25, 0.3) is 0 Å². The highest BCUT2D eigenvalue weighted by Crippen LogP contribution is 2.34. The number of nitrogens with one attached hydrogen (secondary N) is 2. The molecule has 4 rings (SSSR count). The fourth-order valence-corrected chi connectivity index (χ4v) is 4.08. The number of aromatic hydroxyl groups is 1. The Hall–Kier alpha value is -3.68. The van der Waals surface area contributed by atoms with E-state index in [1.807, 2.05) is 0 Å². The van der Waals surface area contributed by atoms with Crippen LogP contribution < -0.4 is 15.6 Å². The van der Waals surface area contributed by atoms with Gasteiger partial charge >= 0.3 is 6.18 Å². The molecule has 1 aromatic heterocycles. The van der Waals surface area contributed by atoms with E-state index in [4.69, 9.17) is 16.7 Å². The molecule has 0 bridgehead atoms. The number of hydrazone groups is 1. The number of halogens is 5. The van der Waals surface area contributed by atoms with Crippen molar-refractivity contribution in [2.24, 2.45) is 5.10 Å². The summed E-state index contributed by atoms with van der Waals surface area (Å²) < 4.78 is 53.4. The lowest BCUT2D eigenvalue weighted by Gasteiger charge is -2.35. The van der Waals surface area contributed by atoms with Crippen LogP contribution in [-0.4, -0.2) is 70.6 Å². The van der Waals surface area contributed by atoms with E-state index >= 15 is 0 Å². The van der Waals surface area contributed by atoms with Crippen molar-refractivity contribution in [1.29, 1.82) is 0 Å². The molecule has 1 aliphatic rings. The van der Waals surface area contributed by atoms with Gasteiger partial charge in [-0.25, -0.2) is 14.8 Å². The van der Waals surface area contributed by atoms with Gasteiger partial charge in [-0.2, -0.15) is 23.3 Å². The van der Waals surface area contributed by atoms with Crippen LogP contribution in [0.5, 0.6) is 5.75 Å². The van der Waals surface area contributed by atoms with E-state index in [9.17, 15) is 22.7 Å². The first-order chi connectivity index (χ1) is 18.1. The van der Waals surface area contributed by atoms with E-state index in [1.165, 1.54) is 30.5 Å². The molecule has 1 saturated heterocycles. The molecule has 9 nitrogen and oxygen atoms in total. The van der Waals surface area contributed by atoms with Crippen LogP contribution >= 0.6 is 11.6 Å². The predicted molar refractivity (Wildman–Crippen MR) is 137 cm³/mol. The molecule has 4 N–H and O–H groups in total. The van der Waals surface area contributed by atoms with Crippen LogP contribution in [0.3, 0.4) is 0 Å². The van der Waals surface area contributed by atoms with Crippen LogP contribution in [0, 0.1) is 5.82 Å². The SMILES string of the molecule is OCCN1CCN(c2nc(N/N=C/c3cc(Nc4cccc(C(F)(F)F)c4)cc(Cl)c3O)ncc2F)CC1. The molecule has 1 fully saturated rings. The van der Waals surface area contributed by atoms with Crippen molar-refractivity contribution >= 4 is 41.0 Å². The van der Waals surface area contributed by atoms with E-state index in [2.05, 4.69) is 30.7 Å². The minimum Gasteiger partial charge on any atom is -0.506 e. The van der Waals surface area contributed by atoms with Crippen molar-refractivity contribution in [3.05, 3.63) is 64.6 Å². The number of hydrogen-bond acceptors (Lipinski definition) is 9. The first kappa shape index (κ1) is 27.4. The van der Waals surface area contributed by atoms with Crippen LogP contribution in [0.4, 0.5) is 40.7 Å². The number of piperazine rings is 1. The number of nitrogens with zero attached hydrogens (tertiary/aromatic N) is 5. The average molecular weight is 554 g/mol. The van der Waals surface area contributed by atoms with Crippen LogP contribution in [0.15, 0.2) is 47.7 Å². The Morgan fingerprint density at radius 2 is 1.87 bits per heavy atom. The van der Waals surface area contributed by atoms with Gasteiger partial charge in [0.05, 0.1) is 29.6 Å². The normalized spacial score (nSPS) is 14.7. The number of β-amino-alcohol motifs (C(OH)–C–C–N with tert-alkyl or cyclic N) is 1. The molecule has 202 valence electrons. The third kappa shape index (κ3) is 6.79. The molecule has 0 saturated carbocycles. The van der Waals surface area contributed by atoms with Gasteiger partial charge < -0.3 is 20.4 Å². The van der Waals surface area contributed by atoms with Gasteiger partial charge in [-0.1, -0.05) is 17.7 Å². The standard InChI is InChI=1S/C24H24ClF4N7O2/c25-19-12-18(32-17-3-1-2-16(11-17)24(27,28)29)10-15(21(19)38)13-31-34-23-30-14-20(26)22(33-23)36-6-4-35(5-7-36)8-9-37/h1-3,10-14,32,37-38H,4-9H2,(H,30,33,34)/b31-13+. The number of benzene rings is 2. The Kier molecular flexibility index (Phi) is 8.49. The van der Waals surface area contributed by atoms with Crippen LogP contribution in [0.2, 0.25) is 5.02 Å². The second-order valence-corrected chi connectivity index (χ2v) is 8.79. The number of alkyl halides is 3. The maximum atomic E-state index is 14.4. The second-order valence-electron chi connectivity index (χ2n) is 8.39. The Morgan fingerprint density at radius 3 is 2.58 bits per heavy atom. The van der Waals surface area contributed by atoms with Crippen molar-refractivity contribution in [3.8, 4) is 5.75 Å². The van der Waals surface area contributed by atoms with Gasteiger partial charge in [-0.05, 0) is 30.3 Å². The molecule has 1 aliphatic heterocycles. The summed E-state index contributed by atoms with van der Waals surface area (Å²) in [6, 6.07) is 7.44. The molecule has 0 spiro atoms. The zero-order valence-electron chi connectivity index (χ0n) is 19.9. The van der Waals surface area contributed by atoms with Gasteiger partial charge in [0, 0.05) is 49.7 Å². The fraction of sp³-hybridized carbons (Fsp3) is 0.292. The molecule has 0 radical (unpaired) electrons. The van der Waals surface area contributed by atoms with Crippen molar-refractivity contribution in [2.45, 2.75) is 6.18 Å². The third-order valence-electron chi connectivity index (χ3n) is 5.75. The number of phenols is 1. The number of aliphatic hydroxyl groups excluding tert-OH is 1. The molecule has 0 aliphatic carbocycles. The van der Waals surface area contributed by atoms with Crippen molar-refractivity contribution in [3.63, 3.8) is 0 Å². The van der Waals surface area contributed by atoms with Crippen LogP contribution in [-0.2, 0) is 6.18 Å². The van der Waals surface area contributed by atoms with Crippen molar-refractivity contribution in [1.82, 2.24) is 14.9 Å². The third-order valence-corrected chi connectivity index (χ3v) is 6.04. The summed E-state index contributed by atoms with van der Waals surface area (Å²) in [5.74, 6) is -0.764. The number of anilines is 4. The second kappa shape index (κ2) is 11.8. The topological polar surface area (TPSA) is 109 Å². The summed E-state index contributed by atoms with van der Waals surface area (Å²) in [6.45, 7) is 2.95. The molecular weight excluding hydrogens is 530 g/mol. The van der Waals surface area contributed by atoms with Crippen molar-refractivity contribution < 1.29 is 27.8 Å². The van der Waals surface area contributed by atoms with E-state index in [0.29, 0.717) is 38.4 Å². The molecule has 38 heavy (non-hydrogen) atoms. The minimum atomic E-state index is -4.50. The predicted octanol–water partition coefficient (Wildman–Crippen LogP) is 4.30. The fourth-order valence-electron chi connectivity index (χ4n) is 3.85. The lowest BCUT2D eigenvalue weighted by Crippen LogP contribution is -2.47. The Bertz CT molecular complexity index is 1300. The van der Waals surface area contributed by atoms with Gasteiger partial charge in [-0.15, -0.1) is 0 Å². The zero-order chi connectivity index (χ0) is 27.3. The average Bonchev–Trinajstić information content (AvgIpc) is 2.88. The Balaban J connectivity index is 1.46. The van der Waals surface area contributed by atoms with Crippen LogP contribution in [0.1, 0.15) is 11.1 Å². The van der Waals surface area contributed by atoms with Crippen LogP contribution in [0.25, 0.3) is 0 Å². The molecular formula is C24H24ClF4N7O2. The van der Waals surface area contributed by atoms with Gasteiger partial charge in [0.15, 0.2) is 11.6 Å². The quantitative estimate of drug-likeness (QED) is 0.142. The molecule has 2 aromatic carbocycles. The molecule has 14 heteroatoms. The number of aromatic nitrogens is 2. The van der Waals surface area contributed by atoms with Crippen molar-refractivity contribution in [2.75, 3.05) is 55.0 Å². The molecule has 0 atom stereocenters. The summed E-state index contributed by atoms with van der Waals surface area (Å²) in [7, 11) is 0. The van der Waals surface area contributed by atoms with E-state index in [-0.39, 0.29) is 40.4 Å². The Morgan fingerprint density at radius 1 is 1.11 bits per heavy atom. The number of phenolic OH excluding ortho intramolecular Hbond substituents is 1. The maximum absolute atomic E-state index is 14.4. The summed E-state index contributed by atoms with van der Waals surface area (Å²) in [5, 5.41) is 26.2. The highest BCUT2D eigenvalue weighted by Gasteiger charge is 2.30. The Labute approximate surface area is 220 Å². The van der Waals surface area contributed by atoms with E-state index in [1.54, 1.807) is 4.90 Å². The lowest BCUT2D eigenvalue weighted by molar-refractivity contribution is -0.137. The summed E-state index contributed by atoms with van der Waals surface area (Å²) in [5.41, 5.74) is 2.41. The molecule has 3 aromatic rings. The molecule has 0 unspecified atom stereocenters. The minimum absolute atomic E-state index is 0.0132.